The fraction of sp³-hybridized carbons (Fsp3) is 0.417. The van der Waals surface area contributed by atoms with Gasteiger partial charge in [-0.05, 0) is 63.5 Å². The van der Waals surface area contributed by atoms with E-state index in [-0.39, 0.29) is 11.6 Å². The Morgan fingerprint density at radius 1 is 1.10 bits per heavy atom. The Hall–Kier alpha value is -2.50. The van der Waals surface area contributed by atoms with E-state index >= 15 is 0 Å². The second kappa shape index (κ2) is 8.89. The van der Waals surface area contributed by atoms with E-state index in [1.165, 1.54) is 18.4 Å². The first-order valence-corrected chi connectivity index (χ1v) is 10.6. The van der Waals surface area contributed by atoms with Gasteiger partial charge in [0.05, 0.1) is 16.9 Å². The van der Waals surface area contributed by atoms with Crippen LogP contribution in [0.4, 0.5) is 0 Å². The van der Waals surface area contributed by atoms with E-state index in [9.17, 15) is 4.79 Å². The molecule has 29 heavy (non-hydrogen) atoms. The number of likely N-dealkylation sites (tertiary alicyclic amines) is 1. The van der Waals surface area contributed by atoms with E-state index in [1.54, 1.807) is 0 Å². The van der Waals surface area contributed by atoms with Gasteiger partial charge in [-0.15, -0.1) is 0 Å². The molecule has 1 aliphatic rings. The summed E-state index contributed by atoms with van der Waals surface area (Å²) in [5.41, 5.74) is 2.10. The van der Waals surface area contributed by atoms with Crippen LogP contribution in [-0.2, 0) is 6.54 Å². The Balaban J connectivity index is 1.34. The van der Waals surface area contributed by atoms with Crippen LogP contribution in [0, 0.1) is 5.92 Å². The largest absolute Gasteiger partial charge is 0.309 e. The highest BCUT2D eigenvalue weighted by molar-refractivity contribution is 5.77. The van der Waals surface area contributed by atoms with Crippen molar-refractivity contribution < 1.29 is 0 Å². The molecular weight excluding hydrogens is 360 g/mol. The number of H-pyrrole nitrogens is 1. The average molecular weight is 391 g/mol. The Morgan fingerprint density at radius 2 is 1.79 bits per heavy atom. The Kier molecular flexibility index (Phi) is 6.07. The lowest BCUT2D eigenvalue weighted by molar-refractivity contribution is 0.117. The van der Waals surface area contributed by atoms with Crippen LogP contribution in [0.2, 0.25) is 0 Å². The number of benzene rings is 2. The third-order valence-electron chi connectivity index (χ3n) is 6.09. The average Bonchev–Trinajstić information content (AvgIpc) is 2.74. The van der Waals surface area contributed by atoms with Crippen molar-refractivity contribution in [3.8, 4) is 0 Å². The number of hydrogen-bond acceptors (Lipinski definition) is 4. The molecule has 1 fully saturated rings. The van der Waals surface area contributed by atoms with Crippen molar-refractivity contribution in [3.05, 3.63) is 76.3 Å². The molecule has 4 rings (SSSR count). The molecule has 1 aromatic heterocycles. The lowest BCUT2D eigenvalue weighted by atomic mass is 9.95. The van der Waals surface area contributed by atoms with Crippen molar-refractivity contribution in [3.63, 3.8) is 0 Å². The zero-order valence-electron chi connectivity index (χ0n) is 17.3. The fourth-order valence-corrected chi connectivity index (χ4v) is 4.40. The minimum absolute atomic E-state index is 0.0464. The van der Waals surface area contributed by atoms with Gasteiger partial charge in [-0.25, -0.2) is 4.98 Å². The molecule has 2 aromatic carbocycles. The minimum atomic E-state index is -0.0464. The van der Waals surface area contributed by atoms with Crippen LogP contribution in [0.5, 0.6) is 0 Å². The molecule has 0 spiro atoms. The Morgan fingerprint density at radius 3 is 2.55 bits per heavy atom. The van der Waals surface area contributed by atoms with E-state index in [0.29, 0.717) is 5.39 Å². The Labute approximate surface area is 172 Å². The monoisotopic (exact) mass is 390 g/mol. The molecule has 0 bridgehead atoms. The minimum Gasteiger partial charge on any atom is -0.309 e. The number of aromatic nitrogens is 2. The summed E-state index contributed by atoms with van der Waals surface area (Å²) in [7, 11) is 2.21. The lowest BCUT2D eigenvalue weighted by Crippen LogP contribution is -2.39. The zero-order chi connectivity index (χ0) is 20.2. The van der Waals surface area contributed by atoms with Crippen LogP contribution >= 0.6 is 0 Å². The van der Waals surface area contributed by atoms with Crippen molar-refractivity contribution in [2.24, 2.45) is 5.92 Å². The number of nitrogens with one attached hydrogen (secondary N) is 1. The third-order valence-corrected chi connectivity index (χ3v) is 6.09. The summed E-state index contributed by atoms with van der Waals surface area (Å²) in [5.74, 6) is 1.49. The number of piperidine rings is 1. The van der Waals surface area contributed by atoms with Crippen molar-refractivity contribution in [2.75, 3.05) is 26.7 Å². The molecule has 5 heteroatoms. The van der Waals surface area contributed by atoms with Crippen LogP contribution in [0.15, 0.2) is 59.4 Å². The first kappa shape index (κ1) is 19.8. The molecule has 1 N–H and O–H groups in total. The van der Waals surface area contributed by atoms with Gasteiger partial charge >= 0.3 is 0 Å². The van der Waals surface area contributed by atoms with Gasteiger partial charge in [0.15, 0.2) is 0 Å². The van der Waals surface area contributed by atoms with Gasteiger partial charge in [0.25, 0.3) is 5.56 Å². The molecule has 0 saturated carbocycles. The lowest BCUT2D eigenvalue weighted by Gasteiger charge is -2.36. The fourth-order valence-electron chi connectivity index (χ4n) is 4.40. The highest BCUT2D eigenvalue weighted by Gasteiger charge is 2.25. The number of rotatable bonds is 6. The van der Waals surface area contributed by atoms with Gasteiger partial charge in [-0.3, -0.25) is 9.69 Å². The molecule has 0 radical (unpaired) electrons. The second-order valence-corrected chi connectivity index (χ2v) is 8.31. The smallest absolute Gasteiger partial charge is 0.258 e. The predicted molar refractivity (Wildman–Crippen MR) is 118 cm³/mol. The number of fused-ring (bicyclic) bond motifs is 1. The third kappa shape index (κ3) is 4.74. The van der Waals surface area contributed by atoms with Crippen molar-refractivity contribution in [1.82, 2.24) is 19.8 Å². The number of hydrogen-bond donors (Lipinski definition) is 1. The summed E-state index contributed by atoms with van der Waals surface area (Å²) in [6.45, 7) is 6.36. The summed E-state index contributed by atoms with van der Waals surface area (Å²) in [4.78, 5) is 25.0. The molecule has 0 aliphatic carbocycles. The van der Waals surface area contributed by atoms with Crippen LogP contribution in [-0.4, -0.2) is 46.4 Å². The quantitative estimate of drug-likeness (QED) is 0.695. The van der Waals surface area contributed by atoms with Crippen molar-refractivity contribution in [1.29, 1.82) is 0 Å². The number of para-hydroxylation sites is 1. The molecule has 2 heterocycles. The van der Waals surface area contributed by atoms with E-state index in [2.05, 4.69) is 59.1 Å². The maximum absolute atomic E-state index is 12.4. The molecule has 5 nitrogen and oxygen atoms in total. The van der Waals surface area contributed by atoms with E-state index in [1.807, 2.05) is 24.3 Å². The molecule has 1 saturated heterocycles. The van der Waals surface area contributed by atoms with Crippen LogP contribution in [0.1, 0.15) is 37.2 Å². The molecule has 1 aliphatic heterocycles. The highest BCUT2D eigenvalue weighted by atomic mass is 16.1. The predicted octanol–water partition coefficient (Wildman–Crippen LogP) is 3.83. The zero-order valence-corrected chi connectivity index (χ0v) is 17.3. The Bertz CT molecular complexity index is 992. The molecule has 1 unspecified atom stereocenters. The van der Waals surface area contributed by atoms with Crippen LogP contribution < -0.4 is 5.56 Å². The highest BCUT2D eigenvalue weighted by Crippen LogP contribution is 2.26. The first-order valence-electron chi connectivity index (χ1n) is 10.6. The van der Waals surface area contributed by atoms with Gasteiger partial charge in [-0.1, -0.05) is 42.5 Å². The number of nitrogens with zero attached hydrogens (tertiary/aromatic N) is 3. The summed E-state index contributed by atoms with van der Waals surface area (Å²) in [6, 6.07) is 18.3. The molecule has 1 atom stereocenters. The topological polar surface area (TPSA) is 52.2 Å². The van der Waals surface area contributed by atoms with E-state index < -0.39 is 0 Å². The van der Waals surface area contributed by atoms with Gasteiger partial charge in [0, 0.05) is 13.1 Å². The molecule has 152 valence electrons. The van der Waals surface area contributed by atoms with Crippen LogP contribution in [0.25, 0.3) is 10.9 Å². The molecule has 0 amide bonds. The summed E-state index contributed by atoms with van der Waals surface area (Å²) < 4.78 is 0. The summed E-state index contributed by atoms with van der Waals surface area (Å²) >= 11 is 0. The van der Waals surface area contributed by atoms with Crippen molar-refractivity contribution in [2.45, 2.75) is 32.4 Å². The van der Waals surface area contributed by atoms with Crippen LogP contribution in [0.3, 0.4) is 0 Å². The van der Waals surface area contributed by atoms with Gasteiger partial charge in [-0.2, -0.15) is 0 Å². The first-order chi connectivity index (χ1) is 14.1. The van der Waals surface area contributed by atoms with E-state index in [4.69, 9.17) is 4.98 Å². The maximum atomic E-state index is 12.4. The standard InChI is InChI=1S/C24H30N4O/c1-18(23-25-22-11-7-6-10-21(22)24(29)26-23)28-14-12-20(13-15-28)17-27(2)16-19-8-4-3-5-9-19/h3-11,18,20H,12-17H2,1-2H3,(H,25,26,29). The SMILES string of the molecule is CC(c1nc2ccccc2c(=O)[nH]1)N1CCC(CN(C)Cc2ccccc2)CC1. The van der Waals surface area contributed by atoms with E-state index in [0.717, 1.165) is 43.4 Å². The number of aromatic amines is 1. The molecular formula is C24H30N4O. The molecule has 3 aromatic rings. The van der Waals surface area contributed by atoms with Gasteiger partial charge in [0.1, 0.15) is 5.82 Å². The summed E-state index contributed by atoms with van der Waals surface area (Å²) in [5, 5.41) is 0.656. The van der Waals surface area contributed by atoms with Gasteiger partial charge < -0.3 is 9.88 Å². The van der Waals surface area contributed by atoms with Crippen molar-refractivity contribution >= 4 is 10.9 Å². The second-order valence-electron chi connectivity index (χ2n) is 8.31. The van der Waals surface area contributed by atoms with Gasteiger partial charge in [0.2, 0.25) is 0 Å². The maximum Gasteiger partial charge on any atom is 0.258 e. The summed E-state index contributed by atoms with van der Waals surface area (Å²) in [6.07, 6.45) is 2.36. The normalized spacial score (nSPS) is 17.1.